The Morgan fingerprint density at radius 1 is 1.59 bits per heavy atom. The quantitative estimate of drug-likeness (QED) is 0.633. The third-order valence-electron chi connectivity index (χ3n) is 4.62. The van der Waals surface area contributed by atoms with E-state index in [-0.39, 0.29) is 24.9 Å². The summed E-state index contributed by atoms with van der Waals surface area (Å²) < 4.78 is 19.6. The van der Waals surface area contributed by atoms with E-state index in [1.54, 1.807) is 18.2 Å². The maximum atomic E-state index is 14.7. The lowest BCUT2D eigenvalue weighted by molar-refractivity contribution is -0.130. The molecule has 0 radical (unpaired) electrons. The largest absolute Gasteiger partial charge is 0.372 e. The van der Waals surface area contributed by atoms with Crippen LogP contribution in [0.4, 0.5) is 10.2 Å². The molecule has 8 heteroatoms. The second-order valence-electron chi connectivity index (χ2n) is 6.43. The molecule has 142 valence electrons. The third-order valence-corrected chi connectivity index (χ3v) is 4.62. The van der Waals surface area contributed by atoms with E-state index >= 15 is 0 Å². The number of nitrogens with one attached hydrogen (secondary N) is 2. The summed E-state index contributed by atoms with van der Waals surface area (Å²) in [6.07, 6.45) is 3.53. The molecule has 2 aromatic heterocycles. The number of amides is 1. The van der Waals surface area contributed by atoms with Gasteiger partial charge in [-0.2, -0.15) is 0 Å². The van der Waals surface area contributed by atoms with Crippen LogP contribution in [0.2, 0.25) is 0 Å². The number of rotatable bonds is 4. The normalized spacial score (nSPS) is 22.2. The predicted octanol–water partition coefficient (Wildman–Crippen LogP) is 1.88. The van der Waals surface area contributed by atoms with Crippen LogP contribution >= 0.6 is 0 Å². The molecule has 0 aliphatic carbocycles. The number of ether oxygens (including phenoxy) is 1. The Balaban J connectivity index is 1.89. The third kappa shape index (κ3) is 3.93. The van der Waals surface area contributed by atoms with Gasteiger partial charge in [-0.25, -0.2) is 14.4 Å². The molecule has 0 bridgehead atoms. The molecular formula is C19H22FN5O2. The highest BCUT2D eigenvalue weighted by Crippen LogP contribution is 2.27. The number of aromatic amines is 1. The number of likely N-dealkylation sites (tertiary alicyclic amines) is 1. The Morgan fingerprint density at radius 2 is 2.41 bits per heavy atom. The molecule has 1 amide bonds. The average Bonchev–Trinajstić information content (AvgIpc) is 3.07. The highest BCUT2D eigenvalue weighted by molar-refractivity contribution is 5.93. The predicted molar refractivity (Wildman–Crippen MR) is 101 cm³/mol. The van der Waals surface area contributed by atoms with Gasteiger partial charge in [0.1, 0.15) is 30.6 Å². The van der Waals surface area contributed by atoms with Crippen LogP contribution in [0, 0.1) is 11.8 Å². The molecule has 0 aromatic carbocycles. The summed E-state index contributed by atoms with van der Waals surface area (Å²) in [5, 5.41) is 3.84. The Bertz CT molecular complexity index is 900. The summed E-state index contributed by atoms with van der Waals surface area (Å²) in [4.78, 5) is 25.2. The number of anilines is 1. The van der Waals surface area contributed by atoms with Crippen LogP contribution in [-0.2, 0) is 9.53 Å². The topological polar surface area (TPSA) is 83.1 Å². The number of hydrogen-bond donors (Lipinski definition) is 2. The number of piperidine rings is 1. The monoisotopic (exact) mass is 371 g/mol. The van der Waals surface area contributed by atoms with Crippen molar-refractivity contribution in [3.8, 4) is 11.8 Å². The lowest BCUT2D eigenvalue weighted by Gasteiger charge is -2.40. The highest BCUT2D eigenvalue weighted by atomic mass is 19.1. The van der Waals surface area contributed by atoms with E-state index in [1.807, 2.05) is 6.92 Å². The molecule has 3 rings (SSSR count). The minimum atomic E-state index is -1.11. The zero-order chi connectivity index (χ0) is 19.4. The minimum Gasteiger partial charge on any atom is -0.372 e. The zero-order valence-corrected chi connectivity index (χ0v) is 15.3. The van der Waals surface area contributed by atoms with Gasteiger partial charge in [0, 0.05) is 32.3 Å². The first kappa shape index (κ1) is 18.9. The van der Waals surface area contributed by atoms with E-state index in [1.165, 1.54) is 12.4 Å². The molecule has 0 saturated carbocycles. The molecule has 1 fully saturated rings. The molecule has 0 unspecified atom stereocenters. The molecule has 1 aliphatic heterocycles. The lowest BCUT2D eigenvalue weighted by Crippen LogP contribution is -2.54. The van der Waals surface area contributed by atoms with Crippen molar-refractivity contribution in [3.05, 3.63) is 30.7 Å². The van der Waals surface area contributed by atoms with Gasteiger partial charge in [0.2, 0.25) is 5.91 Å². The van der Waals surface area contributed by atoms with Crippen molar-refractivity contribution in [2.45, 2.75) is 31.6 Å². The Kier molecular flexibility index (Phi) is 5.72. The number of halogens is 1. The maximum absolute atomic E-state index is 14.7. The number of carbonyl (C=O) groups is 1. The van der Waals surface area contributed by atoms with E-state index in [2.05, 4.69) is 38.7 Å². The van der Waals surface area contributed by atoms with Crippen LogP contribution in [0.3, 0.4) is 0 Å². The summed E-state index contributed by atoms with van der Waals surface area (Å²) in [6.45, 7) is 5.89. The molecule has 1 aliphatic rings. The number of H-pyrrole nitrogens is 1. The molecule has 2 aromatic rings. The first-order valence-electron chi connectivity index (χ1n) is 8.68. The second kappa shape index (κ2) is 8.18. The van der Waals surface area contributed by atoms with E-state index in [9.17, 15) is 9.18 Å². The second-order valence-corrected chi connectivity index (χ2v) is 6.43. The van der Waals surface area contributed by atoms with Crippen LogP contribution in [0.25, 0.3) is 11.0 Å². The fourth-order valence-electron chi connectivity index (χ4n) is 3.23. The van der Waals surface area contributed by atoms with Crippen LogP contribution in [0.15, 0.2) is 25.2 Å². The molecule has 3 atom stereocenters. The summed E-state index contributed by atoms with van der Waals surface area (Å²) in [5.74, 6) is 6.17. The molecule has 0 spiro atoms. The lowest BCUT2D eigenvalue weighted by atomic mass is 9.97. The van der Waals surface area contributed by atoms with E-state index < -0.39 is 12.2 Å². The van der Waals surface area contributed by atoms with Crippen molar-refractivity contribution in [3.63, 3.8) is 0 Å². The highest BCUT2D eigenvalue weighted by Gasteiger charge is 2.35. The minimum absolute atomic E-state index is 0.184. The van der Waals surface area contributed by atoms with Gasteiger partial charge >= 0.3 is 0 Å². The van der Waals surface area contributed by atoms with Crippen molar-refractivity contribution >= 4 is 22.8 Å². The number of aromatic nitrogens is 3. The van der Waals surface area contributed by atoms with Gasteiger partial charge in [0.05, 0.1) is 17.0 Å². The van der Waals surface area contributed by atoms with Gasteiger partial charge in [0.25, 0.3) is 0 Å². The van der Waals surface area contributed by atoms with Crippen molar-refractivity contribution in [2.75, 3.05) is 25.6 Å². The Morgan fingerprint density at radius 3 is 3.15 bits per heavy atom. The van der Waals surface area contributed by atoms with E-state index in [0.29, 0.717) is 29.0 Å². The molecule has 1 saturated heterocycles. The fraction of sp³-hybridized carbons (Fsp3) is 0.421. The standard InChI is InChI=1S/C19H22FN5O2/c1-4-16(26)25-10-15(14(20)8-12(25)2)24-19-17-13(6-5-7-27-3)9-21-18(17)22-11-23-19/h4,9,11-12,14-15H,1,7-8,10H2,2-3H3,(H2,21,22,23,24)/t12-,14-,15-/m0/s1. The Hall–Kier alpha value is -2.92. The summed E-state index contributed by atoms with van der Waals surface area (Å²) in [6, 6.07) is -0.769. The molecule has 2 N–H and O–H groups in total. The maximum Gasteiger partial charge on any atom is 0.246 e. The number of alkyl halides is 1. The van der Waals surface area contributed by atoms with Gasteiger partial charge in [-0.15, -0.1) is 0 Å². The first-order chi connectivity index (χ1) is 13.0. The van der Waals surface area contributed by atoms with Crippen molar-refractivity contribution in [1.29, 1.82) is 0 Å². The van der Waals surface area contributed by atoms with Crippen LogP contribution in [-0.4, -0.2) is 64.3 Å². The summed E-state index contributed by atoms with van der Waals surface area (Å²) >= 11 is 0. The summed E-state index contributed by atoms with van der Waals surface area (Å²) in [5.41, 5.74) is 1.30. The van der Waals surface area contributed by atoms with Gasteiger partial charge in [0.15, 0.2) is 0 Å². The molecule has 7 nitrogen and oxygen atoms in total. The molecule has 27 heavy (non-hydrogen) atoms. The number of nitrogens with zero attached hydrogens (tertiary/aromatic N) is 3. The number of methoxy groups -OCH3 is 1. The fourth-order valence-corrected chi connectivity index (χ4v) is 3.23. The van der Waals surface area contributed by atoms with Gasteiger partial charge in [-0.05, 0) is 13.0 Å². The SMILES string of the molecule is C=CC(=O)N1C[C@H](Nc2ncnc3[nH]cc(C#CCOC)c23)[C@@H](F)C[C@@H]1C. The van der Waals surface area contributed by atoms with E-state index in [0.717, 1.165) is 0 Å². The van der Waals surface area contributed by atoms with Crippen LogP contribution < -0.4 is 5.32 Å². The smallest absolute Gasteiger partial charge is 0.246 e. The first-order valence-corrected chi connectivity index (χ1v) is 8.68. The number of fused-ring (bicyclic) bond motifs is 1. The van der Waals surface area contributed by atoms with Crippen molar-refractivity contribution in [2.24, 2.45) is 0 Å². The van der Waals surface area contributed by atoms with E-state index in [4.69, 9.17) is 4.74 Å². The molecule has 3 heterocycles. The van der Waals surface area contributed by atoms with Crippen LogP contribution in [0.5, 0.6) is 0 Å². The number of carbonyl (C=O) groups excluding carboxylic acids is 1. The van der Waals surface area contributed by atoms with Crippen molar-refractivity contribution < 1.29 is 13.9 Å². The van der Waals surface area contributed by atoms with Gasteiger partial charge in [-0.1, -0.05) is 18.4 Å². The zero-order valence-electron chi connectivity index (χ0n) is 15.3. The summed E-state index contributed by atoms with van der Waals surface area (Å²) in [7, 11) is 1.57. The van der Waals surface area contributed by atoms with Crippen LogP contribution in [0.1, 0.15) is 18.9 Å². The number of hydrogen-bond acceptors (Lipinski definition) is 5. The molecular weight excluding hydrogens is 349 g/mol. The van der Waals surface area contributed by atoms with Crippen molar-refractivity contribution in [1.82, 2.24) is 19.9 Å². The average molecular weight is 371 g/mol. The van der Waals surface area contributed by atoms with Gasteiger partial charge in [-0.3, -0.25) is 4.79 Å². The van der Waals surface area contributed by atoms with Gasteiger partial charge < -0.3 is 19.9 Å². The Labute approximate surface area is 157 Å².